The minimum atomic E-state index is -1.16. The predicted octanol–water partition coefficient (Wildman–Crippen LogP) is 2.48. The summed E-state index contributed by atoms with van der Waals surface area (Å²) in [5.74, 6) is -1.08. The lowest BCUT2D eigenvalue weighted by molar-refractivity contribution is -0.155. The monoisotopic (exact) mass is 474 g/mol. The highest BCUT2D eigenvalue weighted by Crippen LogP contribution is 2.43. The molecule has 0 radical (unpaired) electrons. The van der Waals surface area contributed by atoms with Gasteiger partial charge in [-0.1, -0.05) is 0 Å². The van der Waals surface area contributed by atoms with E-state index < -0.39 is 28.9 Å². The van der Waals surface area contributed by atoms with Gasteiger partial charge in [-0.15, -0.1) is 0 Å². The van der Waals surface area contributed by atoms with E-state index in [1.807, 2.05) is 0 Å². The molecule has 1 unspecified atom stereocenters. The molecule has 1 aromatic carbocycles. The maximum absolute atomic E-state index is 13.2. The molecule has 0 saturated carbocycles. The number of imide groups is 3. The van der Waals surface area contributed by atoms with Crippen molar-refractivity contribution in [2.45, 2.75) is 52.6 Å². The number of nitrogens with zero attached hydrogens (tertiary/aromatic N) is 2. The first-order valence-corrected chi connectivity index (χ1v) is 11.1. The van der Waals surface area contributed by atoms with Gasteiger partial charge in [0.05, 0.1) is 12.0 Å². The number of anilines is 1. The van der Waals surface area contributed by atoms with E-state index in [1.54, 1.807) is 45.0 Å². The van der Waals surface area contributed by atoms with Crippen molar-refractivity contribution in [1.29, 1.82) is 0 Å². The van der Waals surface area contributed by atoms with Crippen molar-refractivity contribution in [3.63, 3.8) is 0 Å². The van der Waals surface area contributed by atoms with Gasteiger partial charge >= 0.3 is 6.09 Å². The maximum Gasteiger partial charge on any atom is 0.424 e. The number of carbonyl (C=O) groups is 5. The summed E-state index contributed by atoms with van der Waals surface area (Å²) in [6, 6.07) is 6.79. The third kappa shape index (κ3) is 5.80. The van der Waals surface area contributed by atoms with Gasteiger partial charge in [0, 0.05) is 25.1 Å². The van der Waals surface area contributed by atoms with Gasteiger partial charge in [0.15, 0.2) is 5.78 Å². The number of amides is 4. The van der Waals surface area contributed by atoms with Crippen LogP contribution in [0.4, 0.5) is 10.5 Å². The van der Waals surface area contributed by atoms with Gasteiger partial charge in [0.1, 0.15) is 24.6 Å². The van der Waals surface area contributed by atoms with E-state index in [1.165, 1.54) is 11.8 Å². The number of ether oxygens (including phenoxy) is 3. The second kappa shape index (κ2) is 9.92. The molecule has 3 rings (SSSR count). The van der Waals surface area contributed by atoms with Crippen LogP contribution in [0.3, 0.4) is 0 Å². The molecule has 2 fully saturated rings. The Morgan fingerprint density at radius 1 is 1.03 bits per heavy atom. The molecule has 2 heterocycles. The number of hydrogen-bond donors (Lipinski definition) is 0. The van der Waals surface area contributed by atoms with Crippen LogP contribution in [0, 0.1) is 5.41 Å². The summed E-state index contributed by atoms with van der Waals surface area (Å²) >= 11 is 0. The average Bonchev–Trinajstić information content (AvgIpc) is 3.07. The zero-order valence-corrected chi connectivity index (χ0v) is 19.9. The van der Waals surface area contributed by atoms with Gasteiger partial charge in [0.25, 0.3) is 0 Å². The molecule has 10 nitrogen and oxygen atoms in total. The summed E-state index contributed by atoms with van der Waals surface area (Å²) in [6.45, 7) is 7.02. The Morgan fingerprint density at radius 2 is 1.71 bits per heavy atom. The third-order valence-electron chi connectivity index (χ3n) is 5.50. The van der Waals surface area contributed by atoms with E-state index in [9.17, 15) is 24.0 Å². The van der Waals surface area contributed by atoms with Crippen LogP contribution in [0.5, 0.6) is 5.75 Å². The van der Waals surface area contributed by atoms with Crippen LogP contribution in [0.25, 0.3) is 0 Å². The minimum Gasteiger partial charge on any atom is -0.491 e. The summed E-state index contributed by atoms with van der Waals surface area (Å²) < 4.78 is 15.9. The minimum absolute atomic E-state index is 0.0232. The summed E-state index contributed by atoms with van der Waals surface area (Å²) in [5, 5.41) is 0. The van der Waals surface area contributed by atoms with E-state index in [4.69, 9.17) is 14.2 Å². The lowest BCUT2D eigenvalue weighted by Gasteiger charge is -2.36. The Balaban J connectivity index is 1.66. The largest absolute Gasteiger partial charge is 0.491 e. The summed E-state index contributed by atoms with van der Waals surface area (Å²) in [5.41, 5.74) is -1.45. The van der Waals surface area contributed by atoms with Crippen LogP contribution in [0.2, 0.25) is 0 Å². The number of hydrogen-bond acceptors (Lipinski definition) is 8. The first-order valence-electron chi connectivity index (χ1n) is 11.1. The third-order valence-corrected chi connectivity index (χ3v) is 5.50. The zero-order valence-electron chi connectivity index (χ0n) is 19.9. The Hall–Kier alpha value is -3.27. The number of carbonyl (C=O) groups excluding carboxylic acids is 5. The van der Waals surface area contributed by atoms with E-state index in [0.29, 0.717) is 16.3 Å². The van der Waals surface area contributed by atoms with Crippen LogP contribution in [0.1, 0.15) is 47.0 Å². The fourth-order valence-electron chi connectivity index (χ4n) is 3.94. The molecule has 0 aromatic heterocycles. The number of piperidine rings is 1. The zero-order chi connectivity index (χ0) is 25.1. The van der Waals surface area contributed by atoms with Gasteiger partial charge in [-0.05, 0) is 58.4 Å². The number of likely N-dealkylation sites (tertiary alicyclic amines) is 1. The maximum atomic E-state index is 13.2. The molecule has 34 heavy (non-hydrogen) atoms. The number of Topliss-reactive ketones (excluding diaryl/α,β-unsaturated/α-hetero) is 1. The van der Waals surface area contributed by atoms with Crippen LogP contribution in [0.15, 0.2) is 24.3 Å². The Bertz CT molecular complexity index is 982. The van der Waals surface area contributed by atoms with Gasteiger partial charge in [0.2, 0.25) is 17.7 Å². The van der Waals surface area contributed by atoms with E-state index in [2.05, 4.69) is 0 Å². The molecule has 0 aliphatic carbocycles. The molecule has 2 aliphatic rings. The van der Waals surface area contributed by atoms with Crippen LogP contribution >= 0.6 is 0 Å². The lowest BCUT2D eigenvalue weighted by Crippen LogP contribution is -2.55. The molecule has 0 N–H and O–H groups in total. The summed E-state index contributed by atoms with van der Waals surface area (Å²) in [6.07, 6.45) is -0.941. The van der Waals surface area contributed by atoms with Gasteiger partial charge in [-0.2, -0.15) is 4.90 Å². The SMILES string of the molecule is CC(=O)COCCOc1ccc(N2CC3(CCC(=O)N(C(=O)OC(C)(C)C)C3=O)CC2=O)cc1. The van der Waals surface area contributed by atoms with Crippen molar-refractivity contribution in [3.8, 4) is 5.75 Å². The highest BCUT2D eigenvalue weighted by atomic mass is 16.6. The van der Waals surface area contributed by atoms with Crippen molar-refractivity contribution in [2.24, 2.45) is 5.41 Å². The molecule has 1 atom stereocenters. The molecular formula is C24H30N2O8. The normalized spacial score (nSPS) is 20.8. The molecule has 10 heteroatoms. The van der Waals surface area contributed by atoms with Crippen LogP contribution < -0.4 is 9.64 Å². The standard InChI is InChI=1S/C24H30N2O8/c1-16(27)14-32-11-12-33-18-7-5-17(6-8-18)25-15-24(13-20(25)29)10-9-19(28)26(21(24)30)22(31)34-23(2,3)4/h5-8H,9-15H2,1-4H3. The molecule has 0 bridgehead atoms. The van der Waals surface area contributed by atoms with Gasteiger partial charge in [-0.25, -0.2) is 4.79 Å². The Kier molecular flexibility index (Phi) is 7.40. The van der Waals surface area contributed by atoms with Gasteiger partial charge in [-0.3, -0.25) is 19.2 Å². The average molecular weight is 475 g/mol. The number of ketones is 1. The van der Waals surface area contributed by atoms with E-state index in [0.717, 1.165) is 0 Å². The quantitative estimate of drug-likeness (QED) is 0.437. The van der Waals surface area contributed by atoms with E-state index in [-0.39, 0.29) is 57.3 Å². The molecule has 184 valence electrons. The molecule has 2 aliphatic heterocycles. The topological polar surface area (TPSA) is 120 Å². The van der Waals surface area contributed by atoms with Crippen molar-refractivity contribution < 1.29 is 38.2 Å². The summed E-state index contributed by atoms with van der Waals surface area (Å²) in [7, 11) is 0. The molecule has 2 saturated heterocycles. The first kappa shape index (κ1) is 25.4. The van der Waals surface area contributed by atoms with Gasteiger partial charge < -0.3 is 19.1 Å². The van der Waals surface area contributed by atoms with Crippen LogP contribution in [-0.4, -0.2) is 66.5 Å². The molecular weight excluding hydrogens is 444 g/mol. The van der Waals surface area contributed by atoms with Crippen molar-refractivity contribution in [3.05, 3.63) is 24.3 Å². The lowest BCUT2D eigenvalue weighted by atomic mass is 9.78. The highest BCUT2D eigenvalue weighted by molar-refractivity contribution is 6.15. The first-order chi connectivity index (χ1) is 15.9. The highest BCUT2D eigenvalue weighted by Gasteiger charge is 2.56. The fraction of sp³-hybridized carbons (Fsp3) is 0.542. The van der Waals surface area contributed by atoms with E-state index >= 15 is 0 Å². The second-order valence-electron chi connectivity index (χ2n) is 9.55. The molecule has 1 spiro atoms. The van der Waals surface area contributed by atoms with Crippen LogP contribution in [-0.2, 0) is 28.7 Å². The summed E-state index contributed by atoms with van der Waals surface area (Å²) in [4.78, 5) is 63.9. The smallest absolute Gasteiger partial charge is 0.424 e. The fourth-order valence-corrected chi connectivity index (χ4v) is 3.94. The predicted molar refractivity (Wildman–Crippen MR) is 120 cm³/mol. The van der Waals surface area contributed by atoms with Crippen molar-refractivity contribution in [1.82, 2.24) is 4.90 Å². The molecule has 4 amide bonds. The number of benzene rings is 1. The second-order valence-corrected chi connectivity index (χ2v) is 9.55. The van der Waals surface area contributed by atoms with Crippen molar-refractivity contribution >= 4 is 35.3 Å². The van der Waals surface area contributed by atoms with Crippen molar-refractivity contribution in [2.75, 3.05) is 31.3 Å². The Morgan fingerprint density at radius 3 is 2.32 bits per heavy atom. The molecule has 1 aromatic rings. The number of rotatable bonds is 7. The Labute approximate surface area is 198 Å².